The molecule has 27 heavy (non-hydrogen) atoms. The van der Waals surface area contributed by atoms with Crippen molar-refractivity contribution in [3.63, 3.8) is 0 Å². The predicted octanol–water partition coefficient (Wildman–Crippen LogP) is 1.32. The van der Waals surface area contributed by atoms with E-state index in [-0.39, 0.29) is 17.3 Å². The van der Waals surface area contributed by atoms with Crippen LogP contribution in [-0.4, -0.2) is 37.0 Å². The number of aromatic amines is 1. The number of hydrogen-bond acceptors (Lipinski definition) is 6. The van der Waals surface area contributed by atoms with Crippen LogP contribution in [0.1, 0.15) is 36.8 Å². The number of rotatable bonds is 7. The summed E-state index contributed by atoms with van der Waals surface area (Å²) < 4.78 is 1.86. The van der Waals surface area contributed by atoms with Crippen LogP contribution in [0.25, 0.3) is 22.6 Å². The summed E-state index contributed by atoms with van der Waals surface area (Å²) in [7, 11) is 0. The summed E-state index contributed by atoms with van der Waals surface area (Å²) in [5, 5.41) is 8.78. The summed E-state index contributed by atoms with van der Waals surface area (Å²) in [5.74, 6) is 0.101. The van der Waals surface area contributed by atoms with Gasteiger partial charge >= 0.3 is 5.69 Å². The fraction of sp³-hybridized carbons (Fsp3) is 0.421. The van der Waals surface area contributed by atoms with Gasteiger partial charge in [-0.2, -0.15) is 4.98 Å². The number of carbonyl (C=O) groups excluding carboxylic acids is 1. The Morgan fingerprint density at radius 3 is 2.59 bits per heavy atom. The first kappa shape index (κ1) is 18.9. The normalized spacial score (nSPS) is 11.4. The number of benzene rings is 1. The zero-order chi connectivity index (χ0) is 19.6. The Hall–Kier alpha value is -2.87. The first-order chi connectivity index (χ1) is 12.9. The molecular weight excluding hydrogens is 348 g/mol. The molecule has 0 amide bonds. The van der Waals surface area contributed by atoms with Gasteiger partial charge in [0.15, 0.2) is 17.3 Å². The summed E-state index contributed by atoms with van der Waals surface area (Å²) in [5.41, 5.74) is 2.53. The molecule has 3 rings (SSSR count). The summed E-state index contributed by atoms with van der Waals surface area (Å²) >= 11 is 0. The van der Waals surface area contributed by atoms with Crippen molar-refractivity contribution in [1.29, 1.82) is 0 Å². The van der Waals surface area contributed by atoms with E-state index in [2.05, 4.69) is 15.0 Å². The van der Waals surface area contributed by atoms with Crippen LogP contribution >= 0.6 is 0 Å². The predicted molar refractivity (Wildman–Crippen MR) is 101 cm³/mol. The van der Waals surface area contributed by atoms with Crippen LogP contribution in [0, 0.1) is 13.8 Å². The molecule has 0 aromatic heterocycles. The van der Waals surface area contributed by atoms with Crippen molar-refractivity contribution in [2.24, 2.45) is 0 Å². The van der Waals surface area contributed by atoms with Crippen molar-refractivity contribution in [1.82, 2.24) is 19.5 Å². The molecule has 1 aromatic rings. The van der Waals surface area contributed by atoms with E-state index in [0.29, 0.717) is 24.9 Å². The van der Waals surface area contributed by atoms with Gasteiger partial charge in [-0.05, 0) is 49.9 Å². The van der Waals surface area contributed by atoms with Crippen LogP contribution in [0.2, 0.25) is 0 Å². The average Bonchev–Trinajstić information content (AvgIpc) is 2.62. The molecule has 0 unspecified atom stereocenters. The van der Waals surface area contributed by atoms with Crippen LogP contribution in [0.4, 0.5) is 0 Å². The van der Waals surface area contributed by atoms with Crippen molar-refractivity contribution in [3.8, 4) is 11.5 Å². The minimum absolute atomic E-state index is 0.140. The minimum atomic E-state index is -0.695. The molecule has 0 radical (unpaired) electrons. The van der Waals surface area contributed by atoms with E-state index < -0.39 is 17.9 Å². The van der Waals surface area contributed by atoms with Crippen LogP contribution < -0.4 is 11.2 Å². The maximum atomic E-state index is 12.2. The van der Waals surface area contributed by atoms with Crippen molar-refractivity contribution in [2.75, 3.05) is 6.61 Å². The number of carbonyl (C=O) groups is 1. The Morgan fingerprint density at radius 1 is 1.11 bits per heavy atom. The number of Topliss-reactive ketones (excluding diaryl/α,β-unsaturated/α-hetero) is 1. The molecule has 8 heteroatoms. The Labute approximate surface area is 155 Å². The molecule has 0 spiro atoms. The number of aliphatic hydroxyl groups is 1. The van der Waals surface area contributed by atoms with Crippen molar-refractivity contribution < 1.29 is 9.90 Å². The fourth-order valence-electron chi connectivity index (χ4n) is 3.12. The second kappa shape index (κ2) is 7.79. The maximum absolute atomic E-state index is 12.2. The van der Waals surface area contributed by atoms with Gasteiger partial charge in [-0.15, -0.1) is 0 Å². The van der Waals surface area contributed by atoms with Crippen LogP contribution in [0.5, 0.6) is 0 Å². The quantitative estimate of drug-likeness (QED) is 0.478. The highest BCUT2D eigenvalue weighted by Crippen LogP contribution is 2.24. The molecule has 8 nitrogen and oxygen atoms in total. The van der Waals surface area contributed by atoms with Crippen molar-refractivity contribution in [2.45, 2.75) is 46.1 Å². The number of H-pyrrole nitrogens is 1. The summed E-state index contributed by atoms with van der Waals surface area (Å²) in [4.78, 5) is 45.7. The van der Waals surface area contributed by atoms with Gasteiger partial charge in [0, 0.05) is 13.0 Å². The summed E-state index contributed by atoms with van der Waals surface area (Å²) in [6, 6.07) is 3.91. The first-order valence-corrected chi connectivity index (χ1v) is 8.95. The molecule has 0 saturated carbocycles. The zero-order valence-electron chi connectivity index (χ0n) is 15.4. The van der Waals surface area contributed by atoms with Crippen LogP contribution in [0.15, 0.2) is 21.7 Å². The fourth-order valence-corrected chi connectivity index (χ4v) is 3.12. The number of nitrogens with one attached hydrogen (secondary N) is 1. The molecule has 0 saturated heterocycles. The number of fused-ring (bicyclic) bond motifs is 2. The Balaban J connectivity index is 2.01. The molecule has 2 aliphatic heterocycles. The molecule has 1 aromatic carbocycles. The van der Waals surface area contributed by atoms with Gasteiger partial charge in [0.05, 0.1) is 11.0 Å². The molecule has 0 aliphatic carbocycles. The van der Waals surface area contributed by atoms with Gasteiger partial charge in [-0.25, -0.2) is 9.78 Å². The number of aliphatic hydroxyl groups excluding tert-OH is 1. The molecular formula is C19H22N4O4. The number of nitrogens with zero attached hydrogens (tertiary/aromatic N) is 3. The first-order valence-electron chi connectivity index (χ1n) is 8.95. The number of unbranched alkanes of at least 4 members (excludes halogenated alkanes) is 2. The Bertz CT molecular complexity index is 1080. The number of hydrogen-bond donors (Lipinski definition) is 2. The van der Waals surface area contributed by atoms with Gasteiger partial charge in [0.1, 0.15) is 6.61 Å². The third-order valence-corrected chi connectivity index (χ3v) is 4.74. The molecule has 142 valence electrons. The second-order valence-corrected chi connectivity index (χ2v) is 6.74. The van der Waals surface area contributed by atoms with Crippen LogP contribution in [0.3, 0.4) is 0 Å². The molecule has 0 fully saturated rings. The highest BCUT2D eigenvalue weighted by atomic mass is 16.3. The van der Waals surface area contributed by atoms with E-state index in [4.69, 9.17) is 5.11 Å². The lowest BCUT2D eigenvalue weighted by atomic mass is 10.1. The number of aryl methyl sites for hydroxylation is 3. The zero-order valence-corrected chi connectivity index (χ0v) is 15.4. The van der Waals surface area contributed by atoms with E-state index in [1.165, 1.54) is 0 Å². The van der Waals surface area contributed by atoms with Crippen molar-refractivity contribution >= 4 is 16.8 Å². The monoisotopic (exact) mass is 370 g/mol. The maximum Gasteiger partial charge on any atom is 0.349 e. The van der Waals surface area contributed by atoms with E-state index in [9.17, 15) is 14.4 Å². The van der Waals surface area contributed by atoms with Gasteiger partial charge in [0.2, 0.25) is 0 Å². The number of aromatic nitrogens is 4. The highest BCUT2D eigenvalue weighted by molar-refractivity contribution is 5.81. The third-order valence-electron chi connectivity index (χ3n) is 4.74. The largest absolute Gasteiger partial charge is 0.389 e. The van der Waals surface area contributed by atoms with Gasteiger partial charge in [0.25, 0.3) is 5.56 Å². The van der Waals surface area contributed by atoms with Crippen LogP contribution in [-0.2, 0) is 11.3 Å². The summed E-state index contributed by atoms with van der Waals surface area (Å²) in [6.45, 7) is 4.09. The molecule has 0 atom stereocenters. The van der Waals surface area contributed by atoms with Crippen molar-refractivity contribution in [3.05, 3.63) is 44.1 Å². The Morgan fingerprint density at radius 2 is 1.85 bits per heavy atom. The SMILES string of the molecule is Cc1cc2nc3c(=O)[nH]c(=O)nc-3n(CCCCCC(=O)CO)c2cc1C. The van der Waals surface area contributed by atoms with E-state index in [0.717, 1.165) is 29.5 Å². The standard InChI is InChI=1S/C19H22N4O4/c1-11-8-14-15(9-12(11)2)23(7-5-3-4-6-13(25)10-24)17-16(20-14)18(26)22-19(27)21-17/h8-9,24H,3-7,10H2,1-2H3,(H,22,26,27). The topological polar surface area (TPSA) is 118 Å². The van der Waals surface area contributed by atoms with E-state index >= 15 is 0 Å². The lowest BCUT2D eigenvalue weighted by molar-refractivity contribution is -0.121. The highest BCUT2D eigenvalue weighted by Gasteiger charge is 2.19. The second-order valence-electron chi connectivity index (χ2n) is 6.74. The minimum Gasteiger partial charge on any atom is -0.389 e. The Kier molecular flexibility index (Phi) is 5.46. The smallest absolute Gasteiger partial charge is 0.349 e. The molecule has 2 N–H and O–H groups in total. The van der Waals surface area contributed by atoms with E-state index in [1.54, 1.807) is 0 Å². The van der Waals surface area contributed by atoms with Gasteiger partial charge in [-0.1, -0.05) is 6.42 Å². The molecule has 2 aliphatic rings. The number of ketones is 1. The van der Waals surface area contributed by atoms with Gasteiger partial charge in [-0.3, -0.25) is 14.6 Å². The molecule has 2 heterocycles. The third kappa shape index (κ3) is 3.95. The molecule has 0 bridgehead atoms. The lowest BCUT2D eigenvalue weighted by Gasteiger charge is -2.17. The van der Waals surface area contributed by atoms with E-state index in [1.807, 2.05) is 30.5 Å². The summed E-state index contributed by atoms with van der Waals surface area (Å²) in [6.07, 6.45) is 2.55. The van der Waals surface area contributed by atoms with Gasteiger partial charge < -0.3 is 9.67 Å². The lowest BCUT2D eigenvalue weighted by Crippen LogP contribution is -2.29. The average molecular weight is 370 g/mol.